The lowest BCUT2D eigenvalue weighted by Gasteiger charge is -2.53. The van der Waals surface area contributed by atoms with Gasteiger partial charge in [-0.05, 0) is 12.5 Å². The van der Waals surface area contributed by atoms with Crippen molar-refractivity contribution in [1.82, 2.24) is 4.90 Å². The van der Waals surface area contributed by atoms with Gasteiger partial charge in [0.2, 0.25) is 5.72 Å². The third kappa shape index (κ3) is 1.82. The van der Waals surface area contributed by atoms with Crippen LogP contribution in [0.25, 0.3) is 0 Å². The van der Waals surface area contributed by atoms with Crippen molar-refractivity contribution < 1.29 is 14.9 Å². The maximum atomic E-state index is 9.94. The smallest absolute Gasteiger partial charge is 0.232 e. The number of aliphatic imine (C=N–C) groups is 1. The Labute approximate surface area is 127 Å². The van der Waals surface area contributed by atoms with Crippen molar-refractivity contribution in [2.24, 2.45) is 10.9 Å². The number of benzene rings is 1. The molecule has 1 saturated heterocycles. The van der Waals surface area contributed by atoms with Gasteiger partial charge in [-0.3, -0.25) is 0 Å². The van der Waals surface area contributed by atoms with E-state index in [0.29, 0.717) is 0 Å². The third-order valence-electron chi connectivity index (χ3n) is 4.55. The van der Waals surface area contributed by atoms with E-state index in [1.54, 1.807) is 11.8 Å². The molecule has 0 amide bonds. The van der Waals surface area contributed by atoms with Gasteiger partial charge in [-0.2, -0.15) is 0 Å². The molecule has 0 spiro atoms. The molecule has 1 aromatic carbocycles. The van der Waals surface area contributed by atoms with Crippen molar-refractivity contribution in [1.29, 1.82) is 0 Å². The summed E-state index contributed by atoms with van der Waals surface area (Å²) in [6, 6.07) is 7.90. The average Bonchev–Trinajstić information content (AvgIpc) is 2.53. The molecule has 1 aromatic rings. The van der Waals surface area contributed by atoms with E-state index in [4.69, 9.17) is 9.73 Å². The Balaban J connectivity index is 1.92. The molecule has 3 aliphatic heterocycles. The molecule has 5 nitrogen and oxygen atoms in total. The Hall–Kier alpha value is -1.24. The Morgan fingerprint density at radius 1 is 1.38 bits per heavy atom. The minimum atomic E-state index is -1.05. The van der Waals surface area contributed by atoms with Gasteiger partial charge in [0.1, 0.15) is 12.4 Å². The highest BCUT2D eigenvalue weighted by Gasteiger charge is 2.55. The molecule has 1 fully saturated rings. The number of nitrogens with zero attached hydrogens (tertiary/aromatic N) is 2. The molecule has 0 aliphatic carbocycles. The molecule has 2 bridgehead atoms. The van der Waals surface area contributed by atoms with Crippen LogP contribution in [-0.2, 0) is 0 Å². The van der Waals surface area contributed by atoms with E-state index in [-0.39, 0.29) is 25.2 Å². The van der Waals surface area contributed by atoms with Crippen LogP contribution >= 0.6 is 11.8 Å². The van der Waals surface area contributed by atoms with E-state index >= 15 is 0 Å². The zero-order valence-corrected chi connectivity index (χ0v) is 12.4. The summed E-state index contributed by atoms with van der Waals surface area (Å²) in [6.45, 7) is 0.654. The van der Waals surface area contributed by atoms with Crippen molar-refractivity contribution in [3.8, 4) is 5.75 Å². The first kappa shape index (κ1) is 13.4. The first-order valence-corrected chi connectivity index (χ1v) is 8.26. The second-order valence-corrected chi connectivity index (χ2v) is 6.73. The highest BCUT2D eigenvalue weighted by atomic mass is 32.2. The van der Waals surface area contributed by atoms with Crippen LogP contribution in [0.1, 0.15) is 18.0 Å². The number of rotatable bonds is 2. The SMILES string of the molecule is OC[C@@H]1[C@H]2c3ccccc3OC1(CO)N=C1SCCCN12. The zero-order chi connectivity index (χ0) is 14.4. The molecule has 1 unspecified atom stereocenters. The Kier molecular flexibility index (Phi) is 3.13. The van der Waals surface area contributed by atoms with Crippen molar-refractivity contribution in [2.75, 3.05) is 25.5 Å². The van der Waals surface area contributed by atoms with Crippen LogP contribution in [0, 0.1) is 5.92 Å². The van der Waals surface area contributed by atoms with Crippen molar-refractivity contribution in [3.05, 3.63) is 29.8 Å². The average molecular weight is 306 g/mol. The van der Waals surface area contributed by atoms with Crippen LogP contribution in [0.4, 0.5) is 0 Å². The molecule has 3 heterocycles. The number of aliphatic hydroxyl groups is 2. The van der Waals surface area contributed by atoms with Gasteiger partial charge in [0.05, 0.1) is 18.6 Å². The summed E-state index contributed by atoms with van der Waals surface area (Å²) in [7, 11) is 0. The molecule has 3 aliphatic rings. The van der Waals surface area contributed by atoms with E-state index in [1.165, 1.54) is 0 Å². The van der Waals surface area contributed by atoms with Gasteiger partial charge in [0.15, 0.2) is 5.17 Å². The van der Waals surface area contributed by atoms with Crippen molar-refractivity contribution in [3.63, 3.8) is 0 Å². The van der Waals surface area contributed by atoms with Gasteiger partial charge in [0, 0.05) is 17.9 Å². The number of hydrogen-bond acceptors (Lipinski definition) is 6. The highest BCUT2D eigenvalue weighted by Crippen LogP contribution is 2.51. The van der Waals surface area contributed by atoms with Gasteiger partial charge in [-0.25, -0.2) is 4.99 Å². The molecule has 4 rings (SSSR count). The molecule has 3 atom stereocenters. The largest absolute Gasteiger partial charge is 0.463 e. The summed E-state index contributed by atoms with van der Waals surface area (Å²) >= 11 is 1.71. The number of hydrogen-bond donors (Lipinski definition) is 2. The van der Waals surface area contributed by atoms with Crippen LogP contribution in [0.5, 0.6) is 5.75 Å². The summed E-state index contributed by atoms with van der Waals surface area (Å²) in [5, 5.41) is 20.8. The van der Waals surface area contributed by atoms with Crippen LogP contribution in [0.2, 0.25) is 0 Å². The molecule has 0 radical (unpaired) electrons. The first-order chi connectivity index (χ1) is 10.3. The number of aliphatic hydroxyl groups excluding tert-OH is 2. The normalized spacial score (nSPS) is 33.6. The predicted octanol–water partition coefficient (Wildman–Crippen LogP) is 1.23. The van der Waals surface area contributed by atoms with Crippen LogP contribution < -0.4 is 4.74 Å². The van der Waals surface area contributed by atoms with Crippen LogP contribution in [0.15, 0.2) is 29.3 Å². The second-order valence-electron chi connectivity index (χ2n) is 5.67. The van der Waals surface area contributed by atoms with Gasteiger partial charge in [-0.1, -0.05) is 30.0 Å². The molecule has 112 valence electrons. The maximum Gasteiger partial charge on any atom is 0.232 e. The summed E-state index contributed by atoms with van der Waals surface area (Å²) in [4.78, 5) is 6.97. The Morgan fingerprint density at radius 2 is 2.24 bits per heavy atom. The first-order valence-electron chi connectivity index (χ1n) is 7.28. The summed E-state index contributed by atoms with van der Waals surface area (Å²) in [6.07, 6.45) is 1.10. The predicted molar refractivity (Wildman–Crippen MR) is 81.4 cm³/mol. The molecule has 0 saturated carbocycles. The molecular weight excluding hydrogens is 288 g/mol. The summed E-state index contributed by atoms with van der Waals surface area (Å²) in [5.74, 6) is 1.55. The lowest BCUT2D eigenvalue weighted by Crippen LogP contribution is -2.61. The minimum absolute atomic E-state index is 0.0207. The van der Waals surface area contributed by atoms with Gasteiger partial charge in [0.25, 0.3) is 0 Å². The van der Waals surface area contributed by atoms with E-state index in [2.05, 4.69) is 4.90 Å². The number of ether oxygens (including phenoxy) is 1. The lowest BCUT2D eigenvalue weighted by molar-refractivity contribution is -0.100. The monoisotopic (exact) mass is 306 g/mol. The maximum absolute atomic E-state index is 9.94. The standard InChI is InChI=1S/C15H18N2O3S/c18-8-11-13-10-4-1-2-5-12(10)20-15(11,9-19)16-14-17(13)6-3-7-21-14/h1-2,4-5,11,13,18-19H,3,6-9H2/t11-,13-,15?/m1/s1. The molecule has 2 N–H and O–H groups in total. The molecular formula is C15H18N2O3S. The Bertz CT molecular complexity index is 594. The van der Waals surface area contributed by atoms with Crippen molar-refractivity contribution >= 4 is 16.9 Å². The van der Waals surface area contributed by atoms with Crippen molar-refractivity contribution in [2.45, 2.75) is 18.2 Å². The molecule has 6 heteroatoms. The topological polar surface area (TPSA) is 65.3 Å². The molecule has 0 aromatic heterocycles. The van der Waals surface area contributed by atoms with E-state index < -0.39 is 5.72 Å². The van der Waals surface area contributed by atoms with Gasteiger partial charge in [-0.15, -0.1) is 0 Å². The second kappa shape index (κ2) is 4.90. The number of para-hydroxylation sites is 1. The van der Waals surface area contributed by atoms with Crippen LogP contribution in [-0.4, -0.2) is 51.5 Å². The number of thioether (sulfide) groups is 1. The number of fused-ring (bicyclic) bond motifs is 6. The highest BCUT2D eigenvalue weighted by molar-refractivity contribution is 8.13. The quantitative estimate of drug-likeness (QED) is 0.860. The zero-order valence-electron chi connectivity index (χ0n) is 11.6. The fourth-order valence-electron chi connectivity index (χ4n) is 3.56. The van der Waals surface area contributed by atoms with E-state index in [1.807, 2.05) is 24.3 Å². The van der Waals surface area contributed by atoms with Gasteiger partial charge < -0.3 is 19.8 Å². The lowest BCUT2D eigenvalue weighted by atomic mass is 9.80. The fraction of sp³-hybridized carbons (Fsp3) is 0.533. The summed E-state index contributed by atoms with van der Waals surface area (Å²) < 4.78 is 6.05. The fourth-order valence-corrected chi connectivity index (χ4v) is 4.60. The minimum Gasteiger partial charge on any atom is -0.463 e. The molecule has 21 heavy (non-hydrogen) atoms. The summed E-state index contributed by atoms with van der Waals surface area (Å²) in [5.41, 5.74) is 0.0275. The van der Waals surface area contributed by atoms with Gasteiger partial charge >= 0.3 is 0 Å². The van der Waals surface area contributed by atoms with E-state index in [0.717, 1.165) is 35.2 Å². The van der Waals surface area contributed by atoms with Crippen LogP contribution in [0.3, 0.4) is 0 Å². The number of amidine groups is 1. The van der Waals surface area contributed by atoms with E-state index in [9.17, 15) is 10.2 Å². The Morgan fingerprint density at radius 3 is 3.05 bits per heavy atom. The third-order valence-corrected chi connectivity index (χ3v) is 5.63.